The van der Waals surface area contributed by atoms with Crippen molar-refractivity contribution in [2.24, 2.45) is 4.99 Å². The molecule has 1 aromatic carbocycles. The van der Waals surface area contributed by atoms with Crippen LogP contribution in [0.4, 0.5) is 5.69 Å². The highest BCUT2D eigenvalue weighted by Crippen LogP contribution is 2.15. The second-order valence-electron chi connectivity index (χ2n) is 6.96. The lowest BCUT2D eigenvalue weighted by Crippen LogP contribution is -2.49. The Hall–Kier alpha value is -2.24. The van der Waals surface area contributed by atoms with E-state index in [4.69, 9.17) is 0 Å². The van der Waals surface area contributed by atoms with Gasteiger partial charge in [-0.15, -0.1) is 0 Å². The van der Waals surface area contributed by atoms with E-state index in [0.29, 0.717) is 13.0 Å². The van der Waals surface area contributed by atoms with E-state index >= 15 is 0 Å². The summed E-state index contributed by atoms with van der Waals surface area (Å²) in [5.41, 5.74) is 1.24. The predicted molar refractivity (Wildman–Crippen MR) is 113 cm³/mol. The largest absolute Gasteiger partial charge is 0.368 e. The van der Waals surface area contributed by atoms with Crippen LogP contribution in [0.3, 0.4) is 0 Å². The summed E-state index contributed by atoms with van der Waals surface area (Å²) < 4.78 is 0. The predicted octanol–water partition coefficient (Wildman–Crippen LogP) is 2.42. The van der Waals surface area contributed by atoms with Gasteiger partial charge in [-0.2, -0.15) is 0 Å². The van der Waals surface area contributed by atoms with E-state index in [9.17, 15) is 4.79 Å². The lowest BCUT2D eigenvalue weighted by Gasteiger charge is -2.36. The third-order valence-electron chi connectivity index (χ3n) is 4.88. The molecule has 6 nitrogen and oxygen atoms in total. The number of aliphatic imine (C=N–C) groups is 1. The average Bonchev–Trinajstić information content (AvgIpc) is 2.72. The molecule has 6 heteroatoms. The van der Waals surface area contributed by atoms with Gasteiger partial charge in [0, 0.05) is 58.4 Å². The van der Waals surface area contributed by atoms with E-state index < -0.39 is 0 Å². The van der Waals surface area contributed by atoms with Crippen LogP contribution in [0.15, 0.2) is 35.3 Å². The highest BCUT2D eigenvalue weighted by Gasteiger charge is 2.20. The fourth-order valence-corrected chi connectivity index (χ4v) is 3.24. The Balaban J connectivity index is 1.78. The summed E-state index contributed by atoms with van der Waals surface area (Å²) in [7, 11) is 2.06. The number of hydrogen-bond acceptors (Lipinski definition) is 3. The minimum Gasteiger partial charge on any atom is -0.368 e. The van der Waals surface area contributed by atoms with Gasteiger partial charge >= 0.3 is 0 Å². The summed E-state index contributed by atoms with van der Waals surface area (Å²) in [5.74, 6) is 1.10. The van der Waals surface area contributed by atoms with Crippen molar-refractivity contribution in [3.05, 3.63) is 30.3 Å². The molecule has 0 spiro atoms. The molecule has 150 valence electrons. The Kier molecular flexibility index (Phi) is 8.95. The van der Waals surface area contributed by atoms with Crippen LogP contribution in [0.1, 0.15) is 33.1 Å². The molecule has 2 rings (SSSR count). The van der Waals surface area contributed by atoms with E-state index in [1.165, 1.54) is 5.69 Å². The first kappa shape index (κ1) is 21.1. The Morgan fingerprint density at radius 3 is 2.48 bits per heavy atom. The first-order valence-electron chi connectivity index (χ1n) is 10.2. The maximum Gasteiger partial charge on any atom is 0.224 e. The molecule has 1 amide bonds. The molecule has 0 saturated carbocycles. The zero-order chi connectivity index (χ0) is 19.5. The highest BCUT2D eigenvalue weighted by molar-refractivity contribution is 5.81. The fraction of sp³-hybridized carbons (Fsp3) is 0.619. The maximum absolute atomic E-state index is 12.5. The van der Waals surface area contributed by atoms with Gasteiger partial charge in [-0.05, 0) is 25.5 Å². The first-order valence-corrected chi connectivity index (χ1v) is 10.2. The smallest absolute Gasteiger partial charge is 0.224 e. The second-order valence-corrected chi connectivity index (χ2v) is 6.96. The number of anilines is 1. The summed E-state index contributed by atoms with van der Waals surface area (Å²) in [6.45, 7) is 9.97. The summed E-state index contributed by atoms with van der Waals surface area (Å²) in [6, 6.07) is 10.4. The Morgan fingerprint density at radius 2 is 1.85 bits per heavy atom. The minimum absolute atomic E-state index is 0.207. The van der Waals surface area contributed by atoms with Crippen LogP contribution in [0.2, 0.25) is 0 Å². The number of piperazine rings is 1. The lowest BCUT2D eigenvalue weighted by atomic mass is 10.2. The monoisotopic (exact) mass is 373 g/mol. The molecular formula is C21H35N5O. The molecule has 0 unspecified atom stereocenters. The van der Waals surface area contributed by atoms with Crippen LogP contribution in [-0.4, -0.2) is 74.5 Å². The van der Waals surface area contributed by atoms with Crippen molar-refractivity contribution in [1.82, 2.24) is 15.1 Å². The summed E-state index contributed by atoms with van der Waals surface area (Å²) in [6.07, 6.45) is 2.78. The van der Waals surface area contributed by atoms with Crippen molar-refractivity contribution >= 4 is 17.6 Å². The van der Waals surface area contributed by atoms with Crippen LogP contribution in [-0.2, 0) is 4.79 Å². The first-order chi connectivity index (χ1) is 13.2. The van der Waals surface area contributed by atoms with Gasteiger partial charge in [0.25, 0.3) is 0 Å². The number of guanidine groups is 1. The van der Waals surface area contributed by atoms with Gasteiger partial charge in [-0.3, -0.25) is 9.79 Å². The van der Waals surface area contributed by atoms with E-state index in [0.717, 1.165) is 58.1 Å². The molecule has 1 saturated heterocycles. The van der Waals surface area contributed by atoms with Gasteiger partial charge in [0.05, 0.1) is 6.54 Å². The topological polar surface area (TPSA) is 51.2 Å². The molecule has 1 aliphatic rings. The second kappa shape index (κ2) is 11.5. The van der Waals surface area contributed by atoms with Crippen LogP contribution >= 0.6 is 0 Å². The zero-order valence-corrected chi connectivity index (χ0v) is 17.2. The normalized spacial score (nSPS) is 15.0. The van der Waals surface area contributed by atoms with Crippen molar-refractivity contribution in [3.63, 3.8) is 0 Å². The third kappa shape index (κ3) is 6.77. The average molecular weight is 374 g/mol. The molecule has 0 radical (unpaired) electrons. The molecule has 0 bridgehead atoms. The zero-order valence-electron chi connectivity index (χ0n) is 17.2. The molecule has 1 heterocycles. The molecule has 0 atom stereocenters. The Morgan fingerprint density at radius 1 is 1.15 bits per heavy atom. The highest BCUT2D eigenvalue weighted by atomic mass is 16.2. The van der Waals surface area contributed by atoms with Gasteiger partial charge in [0.2, 0.25) is 5.91 Å². The Bertz CT molecular complexity index is 581. The van der Waals surface area contributed by atoms with Gasteiger partial charge < -0.3 is 20.0 Å². The van der Waals surface area contributed by atoms with E-state index in [1.807, 2.05) is 11.0 Å². The van der Waals surface area contributed by atoms with Gasteiger partial charge in [-0.1, -0.05) is 31.5 Å². The van der Waals surface area contributed by atoms with Crippen molar-refractivity contribution in [1.29, 1.82) is 0 Å². The number of nitrogens with zero attached hydrogens (tertiary/aromatic N) is 4. The van der Waals surface area contributed by atoms with Gasteiger partial charge in [0.15, 0.2) is 5.96 Å². The SMILES string of the molecule is CCCCN(C)C(=NCCC(=O)N1CCN(c2ccccc2)CC1)NCC. The summed E-state index contributed by atoms with van der Waals surface area (Å²) in [4.78, 5) is 23.6. The van der Waals surface area contributed by atoms with Crippen molar-refractivity contribution in [3.8, 4) is 0 Å². The quantitative estimate of drug-likeness (QED) is 0.562. The number of nitrogens with one attached hydrogen (secondary N) is 1. The van der Waals surface area contributed by atoms with E-state index in [1.54, 1.807) is 0 Å². The standard InChI is InChI=1S/C21H35N5O/c1-4-6-14-24(3)21(22-5-2)23-13-12-20(27)26-17-15-25(16-18-26)19-10-8-7-9-11-19/h7-11H,4-6,12-18H2,1-3H3,(H,22,23). The lowest BCUT2D eigenvalue weighted by molar-refractivity contribution is -0.131. The number of unbranched alkanes of at least 4 members (excludes halogenated alkanes) is 1. The molecule has 0 aliphatic carbocycles. The summed E-state index contributed by atoms with van der Waals surface area (Å²) in [5, 5.41) is 3.31. The fourth-order valence-electron chi connectivity index (χ4n) is 3.24. The number of carbonyl (C=O) groups is 1. The van der Waals surface area contributed by atoms with Crippen LogP contribution in [0, 0.1) is 0 Å². The molecule has 1 aliphatic heterocycles. The molecular weight excluding hydrogens is 338 g/mol. The van der Waals surface area contributed by atoms with Gasteiger partial charge in [-0.25, -0.2) is 0 Å². The van der Waals surface area contributed by atoms with Crippen molar-refractivity contribution in [2.75, 3.05) is 57.8 Å². The summed E-state index contributed by atoms with van der Waals surface area (Å²) >= 11 is 0. The van der Waals surface area contributed by atoms with Crippen LogP contribution in [0.25, 0.3) is 0 Å². The molecule has 0 aromatic heterocycles. The maximum atomic E-state index is 12.5. The minimum atomic E-state index is 0.207. The number of amides is 1. The van der Waals surface area contributed by atoms with Crippen LogP contribution < -0.4 is 10.2 Å². The number of para-hydroxylation sites is 1. The van der Waals surface area contributed by atoms with Gasteiger partial charge in [0.1, 0.15) is 0 Å². The Labute approximate surface area is 164 Å². The van der Waals surface area contributed by atoms with Crippen LogP contribution in [0.5, 0.6) is 0 Å². The van der Waals surface area contributed by atoms with Crippen molar-refractivity contribution in [2.45, 2.75) is 33.1 Å². The van der Waals surface area contributed by atoms with Crippen molar-refractivity contribution < 1.29 is 4.79 Å². The molecule has 1 N–H and O–H groups in total. The number of hydrogen-bond donors (Lipinski definition) is 1. The van der Waals surface area contributed by atoms with E-state index in [2.05, 4.69) is 65.3 Å². The number of benzene rings is 1. The van der Waals surface area contributed by atoms with E-state index in [-0.39, 0.29) is 5.91 Å². The number of carbonyl (C=O) groups excluding carboxylic acids is 1. The molecule has 1 fully saturated rings. The third-order valence-corrected chi connectivity index (χ3v) is 4.88. The molecule has 27 heavy (non-hydrogen) atoms. The molecule has 1 aromatic rings. The number of rotatable bonds is 8.